The van der Waals surface area contributed by atoms with E-state index < -0.39 is 16.4 Å². The highest BCUT2D eigenvalue weighted by Crippen LogP contribution is 2.22. The van der Waals surface area contributed by atoms with Gasteiger partial charge in [0.2, 0.25) is 5.82 Å². The molecule has 0 saturated carbocycles. The SMILES string of the molecule is Cc1ccc(OCc2cccc([N+](=O)[O-])c2F)c(C=O)n1. The molecule has 2 rings (SSSR count). The van der Waals surface area contributed by atoms with Crippen LogP contribution in [-0.2, 0) is 6.61 Å². The van der Waals surface area contributed by atoms with Crippen molar-refractivity contribution in [3.05, 3.63) is 63.2 Å². The Labute approximate surface area is 119 Å². The Morgan fingerprint density at radius 3 is 2.81 bits per heavy atom. The Morgan fingerprint density at radius 1 is 1.38 bits per heavy atom. The smallest absolute Gasteiger partial charge is 0.305 e. The van der Waals surface area contributed by atoms with Crippen LogP contribution in [0.15, 0.2) is 30.3 Å². The molecule has 6 nitrogen and oxygen atoms in total. The molecule has 0 atom stereocenters. The molecule has 0 N–H and O–H groups in total. The fourth-order valence-corrected chi connectivity index (χ4v) is 1.74. The lowest BCUT2D eigenvalue weighted by atomic mass is 10.2. The highest BCUT2D eigenvalue weighted by molar-refractivity contribution is 5.76. The van der Waals surface area contributed by atoms with E-state index in [1.54, 1.807) is 19.1 Å². The molecule has 0 unspecified atom stereocenters. The van der Waals surface area contributed by atoms with Crippen LogP contribution in [-0.4, -0.2) is 16.2 Å². The summed E-state index contributed by atoms with van der Waals surface area (Å²) >= 11 is 0. The third-order valence-electron chi connectivity index (χ3n) is 2.77. The molecule has 0 aliphatic heterocycles. The molecule has 21 heavy (non-hydrogen) atoms. The number of carbonyl (C=O) groups excluding carboxylic acids is 1. The van der Waals surface area contributed by atoms with Gasteiger partial charge in [-0.05, 0) is 19.1 Å². The molecule has 0 saturated heterocycles. The van der Waals surface area contributed by atoms with Gasteiger partial charge in [-0.25, -0.2) is 4.98 Å². The van der Waals surface area contributed by atoms with Gasteiger partial charge in [-0.15, -0.1) is 0 Å². The number of carbonyl (C=O) groups is 1. The monoisotopic (exact) mass is 290 g/mol. The molecule has 0 amide bonds. The van der Waals surface area contributed by atoms with Gasteiger partial charge in [0, 0.05) is 17.3 Å². The maximum atomic E-state index is 13.9. The Morgan fingerprint density at radius 2 is 2.14 bits per heavy atom. The van der Waals surface area contributed by atoms with Crippen molar-refractivity contribution in [2.75, 3.05) is 0 Å². The van der Waals surface area contributed by atoms with E-state index in [2.05, 4.69) is 4.98 Å². The van der Waals surface area contributed by atoms with E-state index >= 15 is 0 Å². The molecule has 0 radical (unpaired) electrons. The van der Waals surface area contributed by atoms with Crippen molar-refractivity contribution in [2.45, 2.75) is 13.5 Å². The summed E-state index contributed by atoms with van der Waals surface area (Å²) in [5.74, 6) is -0.753. The highest BCUT2D eigenvalue weighted by Gasteiger charge is 2.17. The Hall–Kier alpha value is -2.83. The fraction of sp³-hybridized carbons (Fsp3) is 0.143. The number of halogens is 1. The standard InChI is InChI=1S/C14H11FN2O4/c1-9-5-6-13(11(7-18)16-9)21-8-10-3-2-4-12(14(10)15)17(19)20/h2-7H,8H2,1H3. The first-order valence-corrected chi connectivity index (χ1v) is 6.00. The van der Waals surface area contributed by atoms with E-state index in [1.165, 1.54) is 12.1 Å². The van der Waals surface area contributed by atoms with E-state index in [0.717, 1.165) is 6.07 Å². The number of rotatable bonds is 5. The van der Waals surface area contributed by atoms with Crippen LogP contribution in [0.25, 0.3) is 0 Å². The van der Waals surface area contributed by atoms with Gasteiger partial charge in [-0.1, -0.05) is 12.1 Å². The van der Waals surface area contributed by atoms with Crippen molar-refractivity contribution >= 4 is 12.0 Å². The van der Waals surface area contributed by atoms with E-state index in [0.29, 0.717) is 12.0 Å². The van der Waals surface area contributed by atoms with Gasteiger partial charge < -0.3 is 4.74 Å². The Kier molecular flexibility index (Phi) is 4.22. The third kappa shape index (κ3) is 3.19. The van der Waals surface area contributed by atoms with E-state index in [1.807, 2.05) is 0 Å². The summed E-state index contributed by atoms with van der Waals surface area (Å²) < 4.78 is 19.2. The molecule has 1 aromatic carbocycles. The fourth-order valence-electron chi connectivity index (χ4n) is 1.74. The highest BCUT2D eigenvalue weighted by atomic mass is 19.1. The lowest BCUT2D eigenvalue weighted by Gasteiger charge is -2.09. The molecule has 108 valence electrons. The zero-order chi connectivity index (χ0) is 15.4. The average molecular weight is 290 g/mol. The van der Waals surface area contributed by atoms with Crippen molar-refractivity contribution in [1.82, 2.24) is 4.98 Å². The van der Waals surface area contributed by atoms with Crippen LogP contribution in [0.3, 0.4) is 0 Å². The largest absolute Gasteiger partial charge is 0.486 e. The molecule has 0 bridgehead atoms. The lowest BCUT2D eigenvalue weighted by Crippen LogP contribution is -2.04. The van der Waals surface area contributed by atoms with Crippen LogP contribution in [0.1, 0.15) is 21.7 Å². The minimum atomic E-state index is -0.949. The molecule has 0 aliphatic rings. The topological polar surface area (TPSA) is 82.3 Å². The van der Waals surface area contributed by atoms with E-state index in [-0.39, 0.29) is 23.6 Å². The van der Waals surface area contributed by atoms with Crippen LogP contribution in [0.5, 0.6) is 5.75 Å². The minimum Gasteiger partial charge on any atom is -0.486 e. The van der Waals surface area contributed by atoms with Crippen molar-refractivity contribution in [3.63, 3.8) is 0 Å². The van der Waals surface area contributed by atoms with Crippen molar-refractivity contribution in [3.8, 4) is 5.75 Å². The molecule has 0 aliphatic carbocycles. The predicted molar refractivity (Wildman–Crippen MR) is 71.7 cm³/mol. The van der Waals surface area contributed by atoms with Gasteiger partial charge in [-0.3, -0.25) is 14.9 Å². The van der Waals surface area contributed by atoms with Gasteiger partial charge in [0.25, 0.3) is 0 Å². The van der Waals surface area contributed by atoms with E-state index in [9.17, 15) is 19.3 Å². The minimum absolute atomic E-state index is 0.0293. The van der Waals surface area contributed by atoms with Crippen molar-refractivity contribution in [1.29, 1.82) is 0 Å². The molecule has 2 aromatic rings. The van der Waals surface area contributed by atoms with Gasteiger partial charge in [0.15, 0.2) is 6.29 Å². The second-order valence-electron chi connectivity index (χ2n) is 4.25. The summed E-state index contributed by atoms with van der Waals surface area (Å²) in [6, 6.07) is 7.01. The number of aryl methyl sites for hydroxylation is 1. The number of nitrogens with zero attached hydrogens (tertiary/aromatic N) is 2. The normalized spacial score (nSPS) is 10.2. The third-order valence-corrected chi connectivity index (χ3v) is 2.77. The number of ether oxygens (including phenoxy) is 1. The summed E-state index contributed by atoms with van der Waals surface area (Å²) in [4.78, 5) is 24.7. The second-order valence-corrected chi connectivity index (χ2v) is 4.25. The summed E-state index contributed by atoms with van der Waals surface area (Å²) in [6.07, 6.45) is 0.534. The second kappa shape index (κ2) is 6.08. The summed E-state index contributed by atoms with van der Waals surface area (Å²) in [5, 5.41) is 10.7. The summed E-state index contributed by atoms with van der Waals surface area (Å²) in [5.41, 5.74) is 0.155. The molecule has 1 aromatic heterocycles. The molecular formula is C14H11FN2O4. The lowest BCUT2D eigenvalue weighted by molar-refractivity contribution is -0.387. The number of pyridine rings is 1. The van der Waals surface area contributed by atoms with Crippen LogP contribution >= 0.6 is 0 Å². The van der Waals surface area contributed by atoms with Gasteiger partial charge in [-0.2, -0.15) is 4.39 Å². The van der Waals surface area contributed by atoms with Crippen molar-refractivity contribution in [2.24, 2.45) is 0 Å². The average Bonchev–Trinajstić information content (AvgIpc) is 2.46. The number of hydrogen-bond acceptors (Lipinski definition) is 5. The first kappa shape index (κ1) is 14.6. The zero-order valence-corrected chi connectivity index (χ0v) is 11.1. The molecule has 1 heterocycles. The number of nitro groups is 1. The number of hydrogen-bond donors (Lipinski definition) is 0. The van der Waals surface area contributed by atoms with Crippen molar-refractivity contribution < 1.29 is 18.8 Å². The Bertz CT molecular complexity index is 703. The molecule has 0 spiro atoms. The van der Waals surface area contributed by atoms with Gasteiger partial charge >= 0.3 is 5.69 Å². The van der Waals surface area contributed by atoms with Gasteiger partial charge in [0.05, 0.1) is 4.92 Å². The van der Waals surface area contributed by atoms with E-state index in [4.69, 9.17) is 4.74 Å². The van der Waals surface area contributed by atoms with Crippen LogP contribution in [0.2, 0.25) is 0 Å². The molecule has 0 fully saturated rings. The quantitative estimate of drug-likeness (QED) is 0.480. The van der Waals surface area contributed by atoms with Crippen LogP contribution < -0.4 is 4.74 Å². The number of benzene rings is 1. The Balaban J connectivity index is 2.23. The first-order valence-electron chi connectivity index (χ1n) is 6.00. The van der Waals surface area contributed by atoms with Gasteiger partial charge in [0.1, 0.15) is 18.1 Å². The molecular weight excluding hydrogens is 279 g/mol. The first-order chi connectivity index (χ1) is 10.0. The summed E-state index contributed by atoms with van der Waals surface area (Å²) in [6.45, 7) is 1.48. The summed E-state index contributed by atoms with van der Waals surface area (Å²) in [7, 11) is 0. The number of nitro benzene ring substituents is 1. The maximum absolute atomic E-state index is 13.9. The van der Waals surface area contributed by atoms with Crippen LogP contribution in [0.4, 0.5) is 10.1 Å². The predicted octanol–water partition coefficient (Wildman–Crippen LogP) is 2.83. The number of aldehydes is 1. The van der Waals surface area contributed by atoms with Crippen LogP contribution in [0, 0.1) is 22.9 Å². The molecule has 7 heteroatoms. The number of aromatic nitrogens is 1. The maximum Gasteiger partial charge on any atom is 0.305 e. The zero-order valence-electron chi connectivity index (χ0n) is 11.1.